The first-order chi connectivity index (χ1) is 9.74. The van der Waals surface area contributed by atoms with Crippen LogP contribution in [0.5, 0.6) is 0 Å². The lowest BCUT2D eigenvalue weighted by Crippen LogP contribution is -2.28. The highest BCUT2D eigenvalue weighted by molar-refractivity contribution is 9.10. The molecule has 3 rings (SSSR count). The monoisotopic (exact) mass is 353 g/mol. The van der Waals surface area contributed by atoms with Gasteiger partial charge in [0.2, 0.25) is 0 Å². The van der Waals surface area contributed by atoms with Crippen LogP contribution in [0.4, 0.5) is 0 Å². The smallest absolute Gasteiger partial charge is 0.169 e. The van der Waals surface area contributed by atoms with Crippen molar-refractivity contribution in [3.63, 3.8) is 0 Å². The van der Waals surface area contributed by atoms with Gasteiger partial charge in [0.05, 0.1) is 6.04 Å². The molecule has 20 heavy (non-hydrogen) atoms. The van der Waals surface area contributed by atoms with Gasteiger partial charge in [0, 0.05) is 10.9 Å². The molecule has 2 aromatic heterocycles. The van der Waals surface area contributed by atoms with Gasteiger partial charge < -0.3 is 4.42 Å². The number of thiophene rings is 1. The van der Waals surface area contributed by atoms with Crippen LogP contribution < -0.4 is 5.32 Å². The molecule has 0 bridgehead atoms. The lowest BCUT2D eigenvalue weighted by molar-refractivity contribution is 0.316. The summed E-state index contributed by atoms with van der Waals surface area (Å²) in [7, 11) is 0. The first kappa shape index (κ1) is 14.4. The molecular weight excluding hydrogens is 334 g/mol. The summed E-state index contributed by atoms with van der Waals surface area (Å²) in [6.07, 6.45) is 5.41. The van der Waals surface area contributed by atoms with Crippen molar-refractivity contribution in [2.75, 3.05) is 0 Å². The number of hydrogen-bond acceptors (Lipinski definition) is 3. The van der Waals surface area contributed by atoms with Crippen molar-refractivity contribution in [1.82, 2.24) is 5.32 Å². The van der Waals surface area contributed by atoms with Crippen LogP contribution in [0.25, 0.3) is 0 Å². The second kappa shape index (κ2) is 6.46. The number of hydrogen-bond donors (Lipinski definition) is 1. The maximum atomic E-state index is 5.68. The minimum atomic E-state index is 0.231. The minimum Gasteiger partial charge on any atom is -0.453 e. The highest BCUT2D eigenvalue weighted by atomic mass is 79.9. The van der Waals surface area contributed by atoms with E-state index < -0.39 is 0 Å². The molecule has 1 aliphatic carbocycles. The van der Waals surface area contributed by atoms with Crippen LogP contribution in [0, 0.1) is 5.92 Å². The molecule has 1 N–H and O–H groups in total. The van der Waals surface area contributed by atoms with Gasteiger partial charge in [0.15, 0.2) is 4.67 Å². The average Bonchev–Trinajstić information content (AvgIpc) is 3.17. The van der Waals surface area contributed by atoms with Crippen molar-refractivity contribution in [2.45, 2.75) is 44.7 Å². The molecule has 0 spiro atoms. The Hall–Kier alpha value is -0.580. The normalized spacial score (nSPS) is 19.3. The predicted molar refractivity (Wildman–Crippen MR) is 87.0 cm³/mol. The molecule has 4 heteroatoms. The second-order valence-electron chi connectivity index (χ2n) is 5.57. The highest BCUT2D eigenvalue weighted by Crippen LogP contribution is 2.38. The third-order valence-corrected chi connectivity index (χ3v) is 5.55. The molecule has 2 heterocycles. The van der Waals surface area contributed by atoms with Crippen LogP contribution in [0.1, 0.15) is 55.3 Å². The third-order valence-electron chi connectivity index (χ3n) is 4.17. The molecule has 2 unspecified atom stereocenters. The average molecular weight is 354 g/mol. The molecule has 1 fully saturated rings. The topological polar surface area (TPSA) is 25.2 Å². The quantitative estimate of drug-likeness (QED) is 0.747. The van der Waals surface area contributed by atoms with E-state index >= 15 is 0 Å². The van der Waals surface area contributed by atoms with Crippen LogP contribution >= 0.6 is 27.3 Å². The van der Waals surface area contributed by atoms with E-state index in [1.807, 2.05) is 23.5 Å². The van der Waals surface area contributed by atoms with Gasteiger partial charge in [-0.15, -0.1) is 11.3 Å². The molecule has 0 aromatic carbocycles. The number of rotatable bonds is 5. The number of nitrogens with one attached hydrogen (secondary N) is 1. The van der Waals surface area contributed by atoms with Crippen LogP contribution in [-0.4, -0.2) is 0 Å². The highest BCUT2D eigenvalue weighted by Gasteiger charge is 2.28. The Morgan fingerprint density at radius 2 is 2.10 bits per heavy atom. The van der Waals surface area contributed by atoms with Gasteiger partial charge in [-0.1, -0.05) is 18.9 Å². The Balaban J connectivity index is 1.76. The van der Waals surface area contributed by atoms with Crippen molar-refractivity contribution in [3.8, 4) is 0 Å². The maximum Gasteiger partial charge on any atom is 0.169 e. The number of halogens is 1. The van der Waals surface area contributed by atoms with Crippen molar-refractivity contribution < 1.29 is 4.42 Å². The Morgan fingerprint density at radius 1 is 1.30 bits per heavy atom. The van der Waals surface area contributed by atoms with Gasteiger partial charge in [0.25, 0.3) is 0 Å². The number of furan rings is 1. The molecule has 1 saturated carbocycles. The fraction of sp³-hybridized carbons (Fsp3) is 0.500. The molecule has 2 nitrogen and oxygen atoms in total. The molecule has 1 aliphatic rings. The van der Waals surface area contributed by atoms with Gasteiger partial charge in [-0.3, -0.25) is 5.32 Å². The summed E-state index contributed by atoms with van der Waals surface area (Å²) in [5, 5.41) is 5.96. The Bertz CT molecular complexity index is 530. The van der Waals surface area contributed by atoms with Gasteiger partial charge in [0.1, 0.15) is 5.76 Å². The molecule has 0 amide bonds. The summed E-state index contributed by atoms with van der Waals surface area (Å²) >= 11 is 5.24. The maximum absolute atomic E-state index is 5.68. The van der Waals surface area contributed by atoms with Gasteiger partial charge in [-0.05, 0) is 65.2 Å². The third kappa shape index (κ3) is 3.18. The molecular formula is C16H20BrNOS. The van der Waals surface area contributed by atoms with Crippen LogP contribution in [-0.2, 0) is 0 Å². The predicted octanol–water partition coefficient (Wildman–Crippen LogP) is 5.69. The molecule has 0 saturated heterocycles. The molecule has 0 aliphatic heterocycles. The molecule has 108 valence electrons. The molecule has 0 radical (unpaired) electrons. The SMILES string of the molecule is CC(NC(c1cccs1)C1CCCC1)c1ccc(Br)o1. The Labute approximate surface area is 132 Å². The van der Waals surface area contributed by atoms with Gasteiger partial charge >= 0.3 is 0 Å². The molecule has 2 atom stereocenters. The van der Waals surface area contributed by atoms with E-state index in [1.54, 1.807) is 0 Å². The van der Waals surface area contributed by atoms with Crippen molar-refractivity contribution >= 4 is 27.3 Å². The van der Waals surface area contributed by atoms with E-state index in [1.165, 1.54) is 30.6 Å². The lowest BCUT2D eigenvalue weighted by Gasteiger charge is -2.26. The lowest BCUT2D eigenvalue weighted by atomic mass is 9.95. The van der Waals surface area contributed by atoms with E-state index in [0.29, 0.717) is 6.04 Å². The summed E-state index contributed by atoms with van der Waals surface area (Å²) in [4.78, 5) is 1.45. The van der Waals surface area contributed by atoms with Crippen molar-refractivity contribution in [3.05, 3.63) is 45.0 Å². The van der Waals surface area contributed by atoms with E-state index in [4.69, 9.17) is 4.42 Å². The Kier molecular flexibility index (Phi) is 4.64. The van der Waals surface area contributed by atoms with Gasteiger partial charge in [-0.2, -0.15) is 0 Å². The second-order valence-corrected chi connectivity index (χ2v) is 7.33. The van der Waals surface area contributed by atoms with Crippen molar-refractivity contribution in [1.29, 1.82) is 0 Å². The van der Waals surface area contributed by atoms with E-state index in [0.717, 1.165) is 16.3 Å². The summed E-state index contributed by atoms with van der Waals surface area (Å²) in [5.41, 5.74) is 0. The summed E-state index contributed by atoms with van der Waals surface area (Å²) in [6.45, 7) is 2.18. The molecule has 2 aromatic rings. The van der Waals surface area contributed by atoms with Crippen LogP contribution in [0.2, 0.25) is 0 Å². The van der Waals surface area contributed by atoms with E-state index in [2.05, 4.69) is 45.7 Å². The van der Waals surface area contributed by atoms with Gasteiger partial charge in [-0.25, -0.2) is 0 Å². The van der Waals surface area contributed by atoms with Crippen LogP contribution in [0.15, 0.2) is 38.7 Å². The largest absolute Gasteiger partial charge is 0.453 e. The standard InChI is InChI=1S/C16H20BrNOS/c1-11(13-8-9-15(17)19-13)18-16(12-5-2-3-6-12)14-7-4-10-20-14/h4,7-12,16,18H,2-3,5-6H2,1H3. The van der Waals surface area contributed by atoms with E-state index in [9.17, 15) is 0 Å². The minimum absolute atomic E-state index is 0.231. The first-order valence-corrected chi connectivity index (χ1v) is 8.96. The summed E-state index contributed by atoms with van der Waals surface area (Å²) in [6, 6.07) is 9.10. The zero-order chi connectivity index (χ0) is 13.9. The fourth-order valence-electron chi connectivity index (χ4n) is 3.12. The Morgan fingerprint density at radius 3 is 2.70 bits per heavy atom. The fourth-order valence-corrected chi connectivity index (χ4v) is 4.32. The summed E-state index contributed by atoms with van der Waals surface area (Å²) in [5.74, 6) is 1.76. The van der Waals surface area contributed by atoms with E-state index in [-0.39, 0.29) is 6.04 Å². The van der Waals surface area contributed by atoms with Crippen LogP contribution in [0.3, 0.4) is 0 Å². The summed E-state index contributed by atoms with van der Waals surface area (Å²) < 4.78 is 6.48. The first-order valence-electron chi connectivity index (χ1n) is 7.28. The zero-order valence-corrected chi connectivity index (χ0v) is 14.0. The zero-order valence-electron chi connectivity index (χ0n) is 11.6. The van der Waals surface area contributed by atoms with Crippen molar-refractivity contribution in [2.24, 2.45) is 5.92 Å².